The molecule has 6 nitrogen and oxygen atoms in total. The zero-order valence-corrected chi connectivity index (χ0v) is 12.4. The predicted octanol–water partition coefficient (Wildman–Crippen LogP) is 1.33. The van der Waals surface area contributed by atoms with E-state index in [-0.39, 0.29) is 4.90 Å². The maximum atomic E-state index is 12.5. The number of aliphatic hydroxyl groups excluding tert-OH is 1. The summed E-state index contributed by atoms with van der Waals surface area (Å²) in [6.45, 7) is 0. The molecule has 0 bridgehead atoms. The summed E-state index contributed by atoms with van der Waals surface area (Å²) >= 11 is 0. The molecule has 0 aliphatic heterocycles. The van der Waals surface area contributed by atoms with Gasteiger partial charge in [-0.2, -0.15) is 0 Å². The Morgan fingerprint density at radius 1 is 1.29 bits per heavy atom. The number of aliphatic hydroxyl groups is 1. The lowest BCUT2D eigenvalue weighted by Crippen LogP contribution is -2.44. The Bertz CT molecular complexity index is 754. The molecule has 1 aliphatic rings. The monoisotopic (exact) mass is 309 g/mol. The van der Waals surface area contributed by atoms with Gasteiger partial charge >= 0.3 is 0 Å². The van der Waals surface area contributed by atoms with Gasteiger partial charge in [-0.05, 0) is 31.0 Å². The Morgan fingerprint density at radius 3 is 2.81 bits per heavy atom. The van der Waals surface area contributed by atoms with Gasteiger partial charge in [0.15, 0.2) is 0 Å². The summed E-state index contributed by atoms with van der Waals surface area (Å²) in [5.41, 5.74) is 6.96. The van der Waals surface area contributed by atoms with Crippen molar-refractivity contribution in [2.75, 3.05) is 5.73 Å². The van der Waals surface area contributed by atoms with Crippen LogP contribution in [0, 0.1) is 0 Å². The van der Waals surface area contributed by atoms with Gasteiger partial charge in [-0.1, -0.05) is 12.8 Å². The van der Waals surface area contributed by atoms with Crippen molar-refractivity contribution in [3.8, 4) is 0 Å². The van der Waals surface area contributed by atoms with E-state index < -0.39 is 22.2 Å². The number of rotatable bonds is 3. The van der Waals surface area contributed by atoms with E-state index in [9.17, 15) is 13.5 Å². The van der Waals surface area contributed by atoms with Crippen molar-refractivity contribution in [2.24, 2.45) is 0 Å². The predicted molar refractivity (Wildman–Crippen MR) is 81.3 cm³/mol. The Hall–Kier alpha value is -1.57. The Labute approximate surface area is 123 Å². The SMILES string of the molecule is Nc1ccc2[nH]cc(S(=O)(=O)N[C@@H]3CCCC[C@H]3O)c2c1. The third kappa shape index (κ3) is 2.76. The van der Waals surface area contributed by atoms with Crippen LogP contribution in [-0.4, -0.2) is 30.7 Å². The molecule has 21 heavy (non-hydrogen) atoms. The smallest absolute Gasteiger partial charge is 0.243 e. The third-order valence-electron chi connectivity index (χ3n) is 3.99. The molecule has 0 saturated heterocycles. The van der Waals surface area contributed by atoms with Gasteiger partial charge < -0.3 is 15.8 Å². The van der Waals surface area contributed by atoms with Crippen LogP contribution in [0.2, 0.25) is 0 Å². The number of nitrogens with one attached hydrogen (secondary N) is 2. The lowest BCUT2D eigenvalue weighted by molar-refractivity contribution is 0.101. The number of fused-ring (bicyclic) bond motifs is 1. The number of benzene rings is 1. The topological polar surface area (TPSA) is 108 Å². The molecule has 1 aromatic carbocycles. The zero-order valence-electron chi connectivity index (χ0n) is 11.5. The average Bonchev–Trinajstić information content (AvgIpc) is 2.85. The highest BCUT2D eigenvalue weighted by atomic mass is 32.2. The van der Waals surface area contributed by atoms with Crippen LogP contribution >= 0.6 is 0 Å². The second-order valence-electron chi connectivity index (χ2n) is 5.54. The molecule has 1 saturated carbocycles. The average molecular weight is 309 g/mol. The molecule has 0 radical (unpaired) electrons. The number of aromatic nitrogens is 1. The lowest BCUT2D eigenvalue weighted by atomic mass is 9.93. The minimum atomic E-state index is -3.69. The van der Waals surface area contributed by atoms with Crippen LogP contribution in [0.25, 0.3) is 10.9 Å². The number of nitrogens with two attached hydrogens (primary N) is 1. The molecular formula is C14H19N3O3S. The largest absolute Gasteiger partial charge is 0.399 e. The number of sulfonamides is 1. The normalized spacial score (nSPS) is 23.5. The summed E-state index contributed by atoms with van der Waals surface area (Å²) < 4.78 is 27.7. The second kappa shape index (κ2) is 5.32. The van der Waals surface area contributed by atoms with Crippen molar-refractivity contribution in [1.82, 2.24) is 9.71 Å². The number of hydrogen-bond donors (Lipinski definition) is 4. The summed E-state index contributed by atoms with van der Waals surface area (Å²) in [6.07, 6.45) is 3.98. The van der Waals surface area contributed by atoms with Gasteiger partial charge in [-0.3, -0.25) is 0 Å². The van der Waals surface area contributed by atoms with Gasteiger partial charge in [-0.25, -0.2) is 13.1 Å². The number of nitrogen functional groups attached to an aromatic ring is 1. The van der Waals surface area contributed by atoms with E-state index in [1.54, 1.807) is 18.2 Å². The van der Waals surface area contributed by atoms with Gasteiger partial charge in [0, 0.05) is 28.8 Å². The van der Waals surface area contributed by atoms with Gasteiger partial charge in [0.1, 0.15) is 4.90 Å². The number of anilines is 1. The first-order valence-electron chi connectivity index (χ1n) is 7.04. The fraction of sp³-hybridized carbons (Fsp3) is 0.429. The van der Waals surface area contributed by atoms with Crippen molar-refractivity contribution < 1.29 is 13.5 Å². The highest BCUT2D eigenvalue weighted by Crippen LogP contribution is 2.26. The van der Waals surface area contributed by atoms with E-state index in [4.69, 9.17) is 5.73 Å². The van der Waals surface area contributed by atoms with Crippen molar-refractivity contribution >= 4 is 26.6 Å². The maximum absolute atomic E-state index is 12.5. The van der Waals surface area contributed by atoms with Crippen molar-refractivity contribution in [3.63, 3.8) is 0 Å². The van der Waals surface area contributed by atoms with Crippen molar-refractivity contribution in [2.45, 2.75) is 42.7 Å². The van der Waals surface area contributed by atoms with Crippen molar-refractivity contribution in [3.05, 3.63) is 24.4 Å². The van der Waals surface area contributed by atoms with E-state index in [1.807, 2.05) is 0 Å². The first-order chi connectivity index (χ1) is 9.97. The third-order valence-corrected chi connectivity index (χ3v) is 5.52. The molecule has 1 aromatic heterocycles. The quantitative estimate of drug-likeness (QED) is 0.641. The first-order valence-corrected chi connectivity index (χ1v) is 8.53. The molecule has 0 unspecified atom stereocenters. The highest BCUT2D eigenvalue weighted by Gasteiger charge is 2.29. The molecule has 0 spiro atoms. The van der Waals surface area contributed by atoms with Gasteiger partial charge in [0.2, 0.25) is 10.0 Å². The molecule has 1 heterocycles. The summed E-state index contributed by atoms with van der Waals surface area (Å²) in [6, 6.07) is 4.68. The van der Waals surface area contributed by atoms with Crippen LogP contribution in [0.15, 0.2) is 29.3 Å². The van der Waals surface area contributed by atoms with Crippen LogP contribution in [0.5, 0.6) is 0 Å². The molecular weight excluding hydrogens is 290 g/mol. The second-order valence-corrected chi connectivity index (χ2v) is 7.22. The van der Waals surface area contributed by atoms with E-state index in [1.165, 1.54) is 6.20 Å². The molecule has 114 valence electrons. The van der Waals surface area contributed by atoms with Gasteiger partial charge in [0.25, 0.3) is 0 Å². The first kappa shape index (κ1) is 14.4. The van der Waals surface area contributed by atoms with E-state index >= 15 is 0 Å². The maximum Gasteiger partial charge on any atom is 0.243 e. The molecule has 2 aromatic rings. The Balaban J connectivity index is 1.94. The van der Waals surface area contributed by atoms with Gasteiger partial charge in [0.05, 0.1) is 6.10 Å². The summed E-state index contributed by atoms with van der Waals surface area (Å²) in [4.78, 5) is 3.10. The standard InChI is InChI=1S/C14H19N3O3S/c15-9-5-6-11-10(7-9)14(8-16-11)21(19,20)17-12-3-1-2-4-13(12)18/h5-8,12-13,16-18H,1-4,15H2/t12-,13-/m1/s1. The minimum Gasteiger partial charge on any atom is -0.399 e. The molecule has 3 rings (SSSR count). The van der Waals surface area contributed by atoms with Crippen molar-refractivity contribution in [1.29, 1.82) is 0 Å². The van der Waals surface area contributed by atoms with E-state index in [0.717, 1.165) is 12.8 Å². The molecule has 1 aliphatic carbocycles. The van der Waals surface area contributed by atoms with E-state index in [2.05, 4.69) is 9.71 Å². The summed E-state index contributed by atoms with van der Waals surface area (Å²) in [7, 11) is -3.69. The van der Waals surface area contributed by atoms with Crippen LogP contribution in [-0.2, 0) is 10.0 Å². The summed E-state index contributed by atoms with van der Waals surface area (Å²) in [5.74, 6) is 0. The van der Waals surface area contributed by atoms with E-state index in [0.29, 0.717) is 29.4 Å². The summed E-state index contributed by atoms with van der Waals surface area (Å²) in [5, 5.41) is 10.5. The molecule has 5 N–H and O–H groups in total. The van der Waals surface area contributed by atoms with Crippen LogP contribution in [0.3, 0.4) is 0 Å². The fourth-order valence-corrected chi connectivity index (χ4v) is 4.32. The number of H-pyrrole nitrogens is 1. The van der Waals surface area contributed by atoms with Crippen LogP contribution < -0.4 is 10.5 Å². The fourth-order valence-electron chi connectivity index (χ4n) is 2.85. The zero-order chi connectivity index (χ0) is 15.0. The lowest BCUT2D eigenvalue weighted by Gasteiger charge is -2.27. The Kier molecular flexibility index (Phi) is 3.64. The van der Waals surface area contributed by atoms with Crippen LogP contribution in [0.4, 0.5) is 5.69 Å². The molecule has 7 heteroatoms. The highest BCUT2D eigenvalue weighted by molar-refractivity contribution is 7.89. The molecule has 0 amide bonds. The Morgan fingerprint density at radius 2 is 2.05 bits per heavy atom. The number of hydrogen-bond acceptors (Lipinski definition) is 4. The number of aromatic amines is 1. The minimum absolute atomic E-state index is 0.169. The molecule has 2 atom stereocenters. The molecule has 1 fully saturated rings. The van der Waals surface area contributed by atoms with Crippen LogP contribution in [0.1, 0.15) is 25.7 Å². The van der Waals surface area contributed by atoms with Gasteiger partial charge in [-0.15, -0.1) is 0 Å².